The molecule has 0 saturated carbocycles. The molecular formula is C33H39N3O9. The van der Waals surface area contributed by atoms with Crippen molar-refractivity contribution in [3.05, 3.63) is 77.0 Å². The van der Waals surface area contributed by atoms with E-state index in [4.69, 9.17) is 23.8 Å². The van der Waals surface area contributed by atoms with Gasteiger partial charge in [0.05, 0.1) is 6.10 Å². The van der Waals surface area contributed by atoms with Crippen molar-refractivity contribution >= 4 is 40.8 Å². The molecule has 12 nitrogen and oxygen atoms in total. The number of amides is 1. The lowest BCUT2D eigenvalue weighted by Crippen LogP contribution is -2.55. The lowest BCUT2D eigenvalue weighted by molar-refractivity contribution is -0.292. The number of para-hydroxylation sites is 1. The molecule has 1 aliphatic rings. The van der Waals surface area contributed by atoms with Gasteiger partial charge in [-0.1, -0.05) is 42.5 Å². The number of fused-ring (bicyclic) bond motifs is 1. The minimum atomic E-state index is -1.34. The van der Waals surface area contributed by atoms with Crippen LogP contribution in [0.3, 0.4) is 0 Å². The number of rotatable bonds is 13. The van der Waals surface area contributed by atoms with Crippen molar-refractivity contribution in [1.29, 1.82) is 0 Å². The highest BCUT2D eigenvalue weighted by Gasteiger charge is 2.44. The summed E-state index contributed by atoms with van der Waals surface area (Å²) >= 11 is 0. The number of aryl methyl sites for hydroxylation is 1. The van der Waals surface area contributed by atoms with E-state index in [0.29, 0.717) is 6.54 Å². The molecule has 1 amide bonds. The van der Waals surface area contributed by atoms with Crippen LogP contribution in [-0.2, 0) is 55.9 Å². The van der Waals surface area contributed by atoms with Gasteiger partial charge in [-0.2, -0.15) is 0 Å². The summed E-state index contributed by atoms with van der Waals surface area (Å²) in [5.41, 5.74) is 7.82. The van der Waals surface area contributed by atoms with Gasteiger partial charge in [0, 0.05) is 56.4 Å². The molecule has 0 bridgehead atoms. The zero-order chi connectivity index (χ0) is 32.3. The van der Waals surface area contributed by atoms with Crippen molar-refractivity contribution < 1.29 is 43.0 Å². The Morgan fingerprint density at radius 2 is 1.71 bits per heavy atom. The Hall–Kier alpha value is -4.52. The van der Waals surface area contributed by atoms with Crippen LogP contribution in [0, 0.1) is 6.92 Å². The fourth-order valence-corrected chi connectivity index (χ4v) is 5.13. The first-order chi connectivity index (χ1) is 21.6. The molecule has 2 aromatic carbocycles. The number of H-pyrrole nitrogens is 1. The lowest BCUT2D eigenvalue weighted by Gasteiger charge is -2.39. The van der Waals surface area contributed by atoms with Crippen molar-refractivity contribution in [2.24, 2.45) is 0 Å². The van der Waals surface area contributed by atoms with Gasteiger partial charge >= 0.3 is 17.9 Å². The fourth-order valence-electron chi connectivity index (χ4n) is 5.13. The number of carbonyl (C=O) groups excluding carboxylic acids is 4. The van der Waals surface area contributed by atoms with E-state index in [-0.39, 0.29) is 13.0 Å². The van der Waals surface area contributed by atoms with Crippen LogP contribution in [0.2, 0.25) is 0 Å². The Kier molecular flexibility index (Phi) is 11.9. The summed E-state index contributed by atoms with van der Waals surface area (Å²) in [6.45, 7) is 7.12. The zero-order valence-electron chi connectivity index (χ0n) is 25.8. The van der Waals surface area contributed by atoms with Crippen molar-refractivity contribution in [2.45, 2.75) is 71.7 Å². The molecular weight excluding hydrogens is 582 g/mol. The number of hydrogen-bond acceptors (Lipinski definition) is 10. The number of hydroxylamine groups is 1. The quantitative estimate of drug-likeness (QED) is 0.0851. The van der Waals surface area contributed by atoms with Crippen LogP contribution in [0.25, 0.3) is 17.0 Å². The number of carbonyl (C=O) groups is 4. The highest BCUT2D eigenvalue weighted by Crippen LogP contribution is 2.27. The number of ether oxygens (including phenoxy) is 4. The van der Waals surface area contributed by atoms with Gasteiger partial charge in [0.1, 0.15) is 12.7 Å². The Balaban J connectivity index is 1.27. The number of hydrogen-bond donors (Lipinski definition) is 3. The zero-order valence-corrected chi connectivity index (χ0v) is 25.8. The number of aromatic nitrogens is 1. The van der Waals surface area contributed by atoms with Gasteiger partial charge in [-0.15, -0.1) is 0 Å². The van der Waals surface area contributed by atoms with E-state index in [2.05, 4.69) is 40.9 Å². The molecule has 0 radical (unpaired) electrons. The molecule has 1 fully saturated rings. The van der Waals surface area contributed by atoms with Crippen LogP contribution < -0.4 is 10.8 Å². The molecule has 0 aliphatic carbocycles. The van der Waals surface area contributed by atoms with Gasteiger partial charge in [0.25, 0.3) is 5.91 Å². The third kappa shape index (κ3) is 10.00. The molecule has 4 atom stereocenters. The average Bonchev–Trinajstić information content (AvgIpc) is 3.32. The van der Waals surface area contributed by atoms with E-state index < -0.39 is 48.4 Å². The summed E-state index contributed by atoms with van der Waals surface area (Å²) in [5, 5.41) is 4.74. The van der Waals surface area contributed by atoms with Gasteiger partial charge in [-0.3, -0.25) is 19.2 Å². The summed E-state index contributed by atoms with van der Waals surface area (Å²) in [6, 6.07) is 16.1. The van der Waals surface area contributed by atoms with Gasteiger partial charge in [-0.25, -0.2) is 10.3 Å². The summed E-state index contributed by atoms with van der Waals surface area (Å²) < 4.78 is 21.4. The molecule has 0 unspecified atom stereocenters. The molecule has 12 heteroatoms. The second-order valence-corrected chi connectivity index (χ2v) is 10.7. The van der Waals surface area contributed by atoms with Crippen molar-refractivity contribution in [1.82, 2.24) is 15.8 Å². The summed E-state index contributed by atoms with van der Waals surface area (Å²) in [6.07, 6.45) is -0.316. The SMILES string of the molecule is CC(=O)OC[C@@H]1C[C@H](OC(C)=O)[C@@H](OC(C)=O)[C@H](ONC(=O)/C=C/c2ccc(CNCCc3c(C)[nH]c4ccccc34)cc2)O1. The third-order valence-corrected chi connectivity index (χ3v) is 7.14. The van der Waals surface area contributed by atoms with Crippen molar-refractivity contribution in [2.75, 3.05) is 13.2 Å². The van der Waals surface area contributed by atoms with Gasteiger partial charge < -0.3 is 29.2 Å². The minimum Gasteiger partial charge on any atom is -0.463 e. The average molecular weight is 622 g/mol. The molecule has 1 aromatic heterocycles. The van der Waals surface area contributed by atoms with E-state index in [1.54, 1.807) is 6.08 Å². The van der Waals surface area contributed by atoms with Crippen LogP contribution in [0.5, 0.6) is 0 Å². The molecule has 1 aliphatic heterocycles. The molecule has 0 spiro atoms. The monoisotopic (exact) mass is 621 g/mol. The summed E-state index contributed by atoms with van der Waals surface area (Å²) in [7, 11) is 0. The van der Waals surface area contributed by atoms with Crippen LogP contribution >= 0.6 is 0 Å². The summed E-state index contributed by atoms with van der Waals surface area (Å²) in [5.74, 6) is -2.41. The number of aromatic amines is 1. The van der Waals surface area contributed by atoms with E-state index >= 15 is 0 Å². The van der Waals surface area contributed by atoms with Crippen molar-refractivity contribution in [3.63, 3.8) is 0 Å². The smallest absolute Gasteiger partial charge is 0.303 e. The molecule has 45 heavy (non-hydrogen) atoms. The Morgan fingerprint density at radius 1 is 0.978 bits per heavy atom. The largest absolute Gasteiger partial charge is 0.463 e. The molecule has 4 rings (SSSR count). The maximum atomic E-state index is 12.5. The Bertz CT molecular complexity index is 1520. The predicted octanol–water partition coefficient (Wildman–Crippen LogP) is 3.41. The number of nitrogens with one attached hydrogen (secondary N) is 3. The normalized spacial score (nSPS) is 19.7. The third-order valence-electron chi connectivity index (χ3n) is 7.14. The number of esters is 3. The van der Waals surface area contributed by atoms with Gasteiger partial charge in [0.15, 0.2) is 6.10 Å². The Labute approximate surface area is 261 Å². The van der Waals surface area contributed by atoms with E-state index in [9.17, 15) is 19.2 Å². The van der Waals surface area contributed by atoms with E-state index in [1.807, 2.05) is 30.3 Å². The van der Waals surface area contributed by atoms with Crippen LogP contribution in [-0.4, -0.2) is 66.6 Å². The highest BCUT2D eigenvalue weighted by atomic mass is 16.8. The van der Waals surface area contributed by atoms with Crippen LogP contribution in [0.15, 0.2) is 54.6 Å². The first-order valence-corrected chi connectivity index (χ1v) is 14.7. The maximum Gasteiger partial charge on any atom is 0.303 e. The summed E-state index contributed by atoms with van der Waals surface area (Å²) in [4.78, 5) is 56.1. The second kappa shape index (κ2) is 16.0. The van der Waals surface area contributed by atoms with Gasteiger partial charge in [-0.05, 0) is 48.7 Å². The maximum absolute atomic E-state index is 12.5. The fraction of sp³-hybridized carbons (Fsp3) is 0.394. The molecule has 3 aromatic rings. The number of benzene rings is 2. The first kappa shape index (κ1) is 33.4. The second-order valence-electron chi connectivity index (χ2n) is 10.7. The van der Waals surface area contributed by atoms with Gasteiger partial charge in [0.2, 0.25) is 6.29 Å². The first-order valence-electron chi connectivity index (χ1n) is 14.7. The van der Waals surface area contributed by atoms with Crippen LogP contribution in [0.4, 0.5) is 0 Å². The van der Waals surface area contributed by atoms with E-state index in [0.717, 1.165) is 29.6 Å². The molecule has 1 saturated heterocycles. The minimum absolute atomic E-state index is 0.0772. The highest BCUT2D eigenvalue weighted by molar-refractivity contribution is 5.91. The Morgan fingerprint density at radius 3 is 2.42 bits per heavy atom. The predicted molar refractivity (Wildman–Crippen MR) is 164 cm³/mol. The lowest BCUT2D eigenvalue weighted by atomic mass is 10.0. The van der Waals surface area contributed by atoms with E-state index in [1.165, 1.54) is 43.5 Å². The molecule has 3 N–H and O–H groups in total. The standard InChI is InChI=1S/C33H39N3O9/c1-20-27(28-7-5-6-8-29(28)35-20)15-16-34-18-25-11-9-24(10-12-25)13-14-31(40)36-45-33-32(43-23(4)39)30(42-22(3)38)17-26(44-33)19-41-21(2)37/h5-14,26,30,32-35H,15-19H2,1-4H3,(H,36,40)/b14-13+/t26-,30-,32+,33-/m0/s1. The topological polar surface area (TPSA) is 154 Å². The molecule has 2 heterocycles. The molecule has 240 valence electrons. The van der Waals surface area contributed by atoms with Crippen molar-refractivity contribution in [3.8, 4) is 0 Å². The van der Waals surface area contributed by atoms with Crippen LogP contribution in [0.1, 0.15) is 49.6 Å².